The minimum absolute atomic E-state index is 0.0502. The van der Waals surface area contributed by atoms with Crippen LogP contribution < -0.4 is 4.74 Å². The molecule has 1 aromatic heterocycles. The molecule has 0 radical (unpaired) electrons. The zero-order chi connectivity index (χ0) is 22.6. The van der Waals surface area contributed by atoms with Gasteiger partial charge >= 0.3 is 0 Å². The van der Waals surface area contributed by atoms with Crippen LogP contribution in [0.3, 0.4) is 0 Å². The zero-order valence-corrected chi connectivity index (χ0v) is 19.4. The molecule has 10 heteroatoms. The average molecular weight is 450 g/mol. The molecule has 0 bridgehead atoms. The molecular weight excluding hydrogens is 418 g/mol. The molecule has 3 rings (SSSR count). The van der Waals surface area contributed by atoms with E-state index in [0.29, 0.717) is 43.8 Å². The SMILES string of the molecule is CCn1ccnc1CN(C)C(=O)c1ccc(OC2CCN(S(=O)(=O)N(C)C)CC2)cc1. The van der Waals surface area contributed by atoms with Crippen LogP contribution in [0.4, 0.5) is 0 Å². The number of carbonyl (C=O) groups is 1. The largest absolute Gasteiger partial charge is 0.490 e. The molecule has 1 fully saturated rings. The Morgan fingerprint density at radius 2 is 1.81 bits per heavy atom. The molecule has 2 aromatic rings. The number of hydrogen-bond donors (Lipinski definition) is 0. The van der Waals surface area contributed by atoms with Gasteiger partial charge in [-0.05, 0) is 44.0 Å². The smallest absolute Gasteiger partial charge is 0.281 e. The Labute approximate surface area is 184 Å². The summed E-state index contributed by atoms with van der Waals surface area (Å²) >= 11 is 0. The highest BCUT2D eigenvalue weighted by molar-refractivity contribution is 7.86. The van der Waals surface area contributed by atoms with Gasteiger partial charge in [0.1, 0.15) is 17.7 Å². The third-order valence-electron chi connectivity index (χ3n) is 5.46. The summed E-state index contributed by atoms with van der Waals surface area (Å²) in [5, 5.41) is 0. The predicted octanol–water partition coefficient (Wildman–Crippen LogP) is 1.82. The second kappa shape index (κ2) is 9.80. The van der Waals surface area contributed by atoms with Crippen LogP contribution in [-0.4, -0.2) is 77.7 Å². The number of carbonyl (C=O) groups excluding carboxylic acids is 1. The monoisotopic (exact) mass is 449 g/mol. The van der Waals surface area contributed by atoms with Crippen molar-refractivity contribution in [2.24, 2.45) is 0 Å². The lowest BCUT2D eigenvalue weighted by atomic mass is 10.1. The van der Waals surface area contributed by atoms with Crippen molar-refractivity contribution in [3.05, 3.63) is 48.0 Å². The van der Waals surface area contributed by atoms with Gasteiger partial charge in [0.15, 0.2) is 0 Å². The Kier molecular flexibility index (Phi) is 7.34. The van der Waals surface area contributed by atoms with Crippen LogP contribution in [-0.2, 0) is 23.3 Å². The Morgan fingerprint density at radius 3 is 2.39 bits per heavy atom. The van der Waals surface area contributed by atoms with Crippen LogP contribution in [0.25, 0.3) is 0 Å². The van der Waals surface area contributed by atoms with Gasteiger partial charge < -0.3 is 14.2 Å². The second-order valence-electron chi connectivity index (χ2n) is 7.82. The summed E-state index contributed by atoms with van der Waals surface area (Å²) in [5.41, 5.74) is 0.580. The van der Waals surface area contributed by atoms with Gasteiger partial charge in [0.2, 0.25) is 0 Å². The molecule has 9 nitrogen and oxygen atoms in total. The summed E-state index contributed by atoms with van der Waals surface area (Å²) < 4.78 is 35.2. The van der Waals surface area contributed by atoms with Crippen molar-refractivity contribution in [1.82, 2.24) is 23.1 Å². The van der Waals surface area contributed by atoms with E-state index in [-0.39, 0.29) is 12.0 Å². The van der Waals surface area contributed by atoms with Crippen molar-refractivity contribution in [1.29, 1.82) is 0 Å². The Bertz CT molecular complexity index is 979. The molecular formula is C21H31N5O4S. The highest BCUT2D eigenvalue weighted by Crippen LogP contribution is 2.22. The number of nitrogens with zero attached hydrogens (tertiary/aromatic N) is 5. The molecule has 1 saturated heterocycles. The summed E-state index contributed by atoms with van der Waals surface area (Å²) in [7, 11) is 1.46. The normalized spacial score (nSPS) is 15.9. The van der Waals surface area contributed by atoms with Gasteiger partial charge in [-0.15, -0.1) is 0 Å². The fraction of sp³-hybridized carbons (Fsp3) is 0.524. The molecule has 0 unspecified atom stereocenters. The van der Waals surface area contributed by atoms with Crippen molar-refractivity contribution in [3.63, 3.8) is 0 Å². The van der Waals surface area contributed by atoms with Crippen molar-refractivity contribution in [3.8, 4) is 5.75 Å². The van der Waals surface area contributed by atoms with E-state index in [1.807, 2.05) is 17.7 Å². The van der Waals surface area contributed by atoms with E-state index in [1.165, 1.54) is 22.7 Å². The number of ether oxygens (including phenoxy) is 1. The lowest BCUT2D eigenvalue weighted by Gasteiger charge is -2.32. The fourth-order valence-electron chi connectivity index (χ4n) is 3.56. The molecule has 0 N–H and O–H groups in total. The van der Waals surface area contributed by atoms with Crippen molar-refractivity contribution >= 4 is 16.1 Å². The summed E-state index contributed by atoms with van der Waals surface area (Å²) in [6.07, 6.45) is 4.84. The molecule has 1 aromatic carbocycles. The molecule has 1 aliphatic heterocycles. The number of hydrogen-bond acceptors (Lipinski definition) is 5. The molecule has 0 atom stereocenters. The molecule has 0 spiro atoms. The molecule has 0 aliphatic carbocycles. The first kappa shape index (κ1) is 23.2. The first-order valence-corrected chi connectivity index (χ1v) is 11.8. The van der Waals surface area contributed by atoms with Crippen molar-refractivity contribution in [2.75, 3.05) is 34.2 Å². The third kappa shape index (κ3) is 5.44. The Balaban J connectivity index is 1.54. The van der Waals surface area contributed by atoms with Crippen LogP contribution in [0.5, 0.6) is 5.75 Å². The van der Waals surface area contributed by atoms with Gasteiger partial charge in [0.25, 0.3) is 16.1 Å². The standard InChI is InChI=1S/C21H31N5O4S/c1-5-25-15-12-22-20(25)16-24(4)21(27)17-6-8-18(9-7-17)30-19-10-13-26(14-11-19)31(28,29)23(2)3/h6-9,12,15,19H,5,10-11,13-14,16H2,1-4H3. The lowest BCUT2D eigenvalue weighted by Crippen LogP contribution is -2.46. The Hall–Kier alpha value is -2.43. The molecule has 0 saturated carbocycles. The van der Waals surface area contributed by atoms with E-state index in [9.17, 15) is 13.2 Å². The van der Waals surface area contributed by atoms with Gasteiger partial charge in [-0.3, -0.25) is 4.79 Å². The summed E-state index contributed by atoms with van der Waals surface area (Å²) in [6, 6.07) is 7.09. The van der Waals surface area contributed by atoms with Crippen LogP contribution in [0.15, 0.2) is 36.7 Å². The number of imidazole rings is 1. The number of benzene rings is 1. The number of rotatable bonds is 8. The van der Waals surface area contributed by atoms with Crippen LogP contribution >= 0.6 is 0 Å². The summed E-state index contributed by atoms with van der Waals surface area (Å²) in [5.74, 6) is 1.44. The van der Waals surface area contributed by atoms with E-state index in [2.05, 4.69) is 4.98 Å². The maximum Gasteiger partial charge on any atom is 0.281 e. The highest BCUT2D eigenvalue weighted by atomic mass is 32.2. The molecule has 1 amide bonds. The number of amides is 1. The minimum Gasteiger partial charge on any atom is -0.490 e. The number of piperidine rings is 1. The Morgan fingerprint density at radius 1 is 1.16 bits per heavy atom. The third-order valence-corrected chi connectivity index (χ3v) is 7.40. The molecule has 2 heterocycles. The van der Waals surface area contributed by atoms with E-state index in [1.54, 1.807) is 42.4 Å². The van der Waals surface area contributed by atoms with Crippen molar-refractivity contribution < 1.29 is 17.9 Å². The van der Waals surface area contributed by atoms with Gasteiger partial charge in [-0.2, -0.15) is 17.0 Å². The van der Waals surface area contributed by atoms with E-state index >= 15 is 0 Å². The topological polar surface area (TPSA) is 88.0 Å². The van der Waals surface area contributed by atoms with Crippen LogP contribution in [0.2, 0.25) is 0 Å². The maximum absolute atomic E-state index is 12.7. The van der Waals surface area contributed by atoms with Gasteiger partial charge in [-0.1, -0.05) is 0 Å². The average Bonchev–Trinajstić information content (AvgIpc) is 3.21. The van der Waals surface area contributed by atoms with Crippen LogP contribution in [0.1, 0.15) is 35.9 Å². The van der Waals surface area contributed by atoms with Gasteiger partial charge in [-0.25, -0.2) is 4.98 Å². The van der Waals surface area contributed by atoms with Crippen LogP contribution in [0, 0.1) is 0 Å². The molecule has 1 aliphatic rings. The van der Waals surface area contributed by atoms with E-state index in [4.69, 9.17) is 4.74 Å². The first-order valence-electron chi connectivity index (χ1n) is 10.4. The van der Waals surface area contributed by atoms with Gasteiger partial charge in [0.05, 0.1) is 6.54 Å². The molecule has 170 valence electrons. The van der Waals surface area contributed by atoms with E-state index < -0.39 is 10.2 Å². The maximum atomic E-state index is 12.7. The minimum atomic E-state index is -3.38. The lowest BCUT2D eigenvalue weighted by molar-refractivity contribution is 0.0780. The second-order valence-corrected chi connectivity index (χ2v) is 9.96. The fourth-order valence-corrected chi connectivity index (χ4v) is 4.70. The quantitative estimate of drug-likeness (QED) is 0.614. The summed E-state index contributed by atoms with van der Waals surface area (Å²) in [4.78, 5) is 18.7. The first-order chi connectivity index (χ1) is 14.7. The number of aromatic nitrogens is 2. The van der Waals surface area contributed by atoms with Crippen molar-refractivity contribution in [2.45, 2.75) is 39.0 Å². The zero-order valence-electron chi connectivity index (χ0n) is 18.6. The van der Waals surface area contributed by atoms with E-state index in [0.717, 1.165) is 12.4 Å². The predicted molar refractivity (Wildman–Crippen MR) is 118 cm³/mol. The highest BCUT2D eigenvalue weighted by Gasteiger charge is 2.30. The van der Waals surface area contributed by atoms with Gasteiger partial charge in [0, 0.05) is 58.7 Å². The number of aryl methyl sites for hydroxylation is 1. The molecule has 31 heavy (non-hydrogen) atoms. The summed E-state index contributed by atoms with van der Waals surface area (Å²) in [6.45, 7) is 4.15.